The van der Waals surface area contributed by atoms with E-state index < -0.39 is 0 Å². The smallest absolute Gasteiger partial charge is 0.0798 e. The number of hydrogen-bond acceptors (Lipinski definition) is 3. The van der Waals surface area contributed by atoms with E-state index in [0.717, 1.165) is 0 Å². The van der Waals surface area contributed by atoms with E-state index in [1.54, 1.807) is 11.3 Å². The fourth-order valence-corrected chi connectivity index (χ4v) is 2.55. The Morgan fingerprint density at radius 1 is 1.64 bits per heavy atom. The van der Waals surface area contributed by atoms with Gasteiger partial charge in [-0.3, -0.25) is 0 Å². The molecule has 1 aromatic rings. The molecule has 1 aliphatic rings. The molecule has 1 aliphatic carbocycles. The van der Waals surface area contributed by atoms with Crippen LogP contribution < -0.4 is 5.32 Å². The zero-order chi connectivity index (χ0) is 7.90. The highest BCUT2D eigenvalue weighted by Crippen LogP contribution is 2.47. The van der Waals surface area contributed by atoms with E-state index in [2.05, 4.69) is 17.2 Å². The highest BCUT2D eigenvalue weighted by Gasteiger charge is 2.45. The van der Waals surface area contributed by atoms with Crippen LogP contribution in [0.5, 0.6) is 0 Å². The molecule has 1 aromatic heterocycles. The predicted molar refractivity (Wildman–Crippen MR) is 46.8 cm³/mol. The van der Waals surface area contributed by atoms with Gasteiger partial charge in [0.15, 0.2) is 0 Å². The lowest BCUT2D eigenvalue weighted by molar-refractivity contribution is 0.592. The number of rotatable bonds is 2. The Balaban J connectivity index is 2.35. The van der Waals surface area contributed by atoms with Crippen LogP contribution in [0.15, 0.2) is 5.51 Å². The minimum absolute atomic E-state index is 0.311. The normalized spacial score (nSPS) is 20.2. The molecule has 0 aromatic carbocycles. The number of nitrogens with one attached hydrogen (secondary N) is 1. The predicted octanol–water partition coefficient (Wildman–Crippen LogP) is 1.66. The van der Waals surface area contributed by atoms with Crippen molar-refractivity contribution in [2.24, 2.45) is 0 Å². The van der Waals surface area contributed by atoms with E-state index in [1.807, 2.05) is 12.6 Å². The van der Waals surface area contributed by atoms with Gasteiger partial charge in [0, 0.05) is 4.88 Å². The van der Waals surface area contributed by atoms with E-state index in [9.17, 15) is 0 Å². The van der Waals surface area contributed by atoms with Gasteiger partial charge in [-0.1, -0.05) is 0 Å². The second kappa shape index (κ2) is 2.29. The van der Waals surface area contributed by atoms with Crippen LogP contribution in [0.25, 0.3) is 0 Å². The van der Waals surface area contributed by atoms with Crippen LogP contribution in [0, 0.1) is 6.92 Å². The van der Waals surface area contributed by atoms with Crippen molar-refractivity contribution in [2.45, 2.75) is 25.3 Å². The standard InChI is InChI=1S/C8H12N2S/c1-6-7(11-5-10-6)8(9-2)3-4-8/h5,9H,3-4H2,1-2H3. The Bertz CT molecular complexity index is 263. The molecule has 1 N–H and O–H groups in total. The topological polar surface area (TPSA) is 24.9 Å². The summed E-state index contributed by atoms with van der Waals surface area (Å²) < 4.78 is 0. The molecule has 0 aliphatic heterocycles. The number of aromatic nitrogens is 1. The molecule has 3 heteroatoms. The van der Waals surface area contributed by atoms with Crippen molar-refractivity contribution in [2.75, 3.05) is 7.05 Å². The highest BCUT2D eigenvalue weighted by molar-refractivity contribution is 7.10. The number of hydrogen-bond donors (Lipinski definition) is 1. The molecule has 0 spiro atoms. The summed E-state index contributed by atoms with van der Waals surface area (Å²) in [4.78, 5) is 5.68. The van der Waals surface area contributed by atoms with Gasteiger partial charge >= 0.3 is 0 Å². The molecular weight excluding hydrogens is 156 g/mol. The molecule has 2 rings (SSSR count). The SMILES string of the molecule is CNC1(c2scnc2C)CC1. The van der Waals surface area contributed by atoms with Crippen LogP contribution in [0.2, 0.25) is 0 Å². The van der Waals surface area contributed by atoms with Gasteiger partial charge in [-0.15, -0.1) is 11.3 Å². The quantitative estimate of drug-likeness (QED) is 0.726. The maximum atomic E-state index is 4.25. The summed E-state index contributed by atoms with van der Waals surface area (Å²) in [6.07, 6.45) is 2.54. The molecule has 60 valence electrons. The van der Waals surface area contributed by atoms with Gasteiger partial charge in [0.1, 0.15) is 0 Å². The van der Waals surface area contributed by atoms with Crippen molar-refractivity contribution in [1.29, 1.82) is 0 Å². The summed E-state index contributed by atoms with van der Waals surface area (Å²) >= 11 is 1.77. The van der Waals surface area contributed by atoms with Crippen molar-refractivity contribution >= 4 is 11.3 Å². The Morgan fingerprint density at radius 2 is 2.36 bits per heavy atom. The molecule has 0 atom stereocenters. The van der Waals surface area contributed by atoms with E-state index in [4.69, 9.17) is 0 Å². The van der Waals surface area contributed by atoms with Crippen LogP contribution in [0.4, 0.5) is 0 Å². The van der Waals surface area contributed by atoms with Crippen molar-refractivity contribution in [1.82, 2.24) is 10.3 Å². The summed E-state index contributed by atoms with van der Waals surface area (Å²) in [5.74, 6) is 0. The van der Waals surface area contributed by atoms with Crippen molar-refractivity contribution in [3.8, 4) is 0 Å². The second-order valence-corrected chi connectivity index (χ2v) is 3.95. The number of nitrogens with zero attached hydrogens (tertiary/aromatic N) is 1. The molecule has 0 amide bonds. The molecule has 0 bridgehead atoms. The van der Waals surface area contributed by atoms with Crippen molar-refractivity contribution in [3.63, 3.8) is 0 Å². The average molecular weight is 168 g/mol. The summed E-state index contributed by atoms with van der Waals surface area (Å²) in [6.45, 7) is 2.09. The van der Waals surface area contributed by atoms with Crippen LogP contribution in [-0.4, -0.2) is 12.0 Å². The zero-order valence-electron chi connectivity index (χ0n) is 6.85. The minimum atomic E-state index is 0.311. The fourth-order valence-electron chi connectivity index (χ4n) is 1.48. The van der Waals surface area contributed by atoms with Crippen LogP contribution >= 0.6 is 11.3 Å². The van der Waals surface area contributed by atoms with Crippen LogP contribution in [-0.2, 0) is 5.54 Å². The first-order valence-corrected chi connectivity index (χ1v) is 4.76. The molecule has 0 radical (unpaired) electrons. The first-order chi connectivity index (χ1) is 5.28. The summed E-state index contributed by atoms with van der Waals surface area (Å²) in [6, 6.07) is 0. The van der Waals surface area contributed by atoms with Gasteiger partial charge in [-0.05, 0) is 26.8 Å². The lowest BCUT2D eigenvalue weighted by Crippen LogP contribution is -2.24. The van der Waals surface area contributed by atoms with Gasteiger partial charge < -0.3 is 5.32 Å². The van der Waals surface area contributed by atoms with Gasteiger partial charge in [0.2, 0.25) is 0 Å². The Hall–Kier alpha value is -0.410. The van der Waals surface area contributed by atoms with Gasteiger partial charge in [-0.25, -0.2) is 4.98 Å². The van der Waals surface area contributed by atoms with E-state index >= 15 is 0 Å². The first kappa shape index (κ1) is 7.25. The largest absolute Gasteiger partial charge is 0.310 e. The molecule has 1 fully saturated rings. The molecule has 0 unspecified atom stereocenters. The summed E-state index contributed by atoms with van der Waals surface area (Å²) in [7, 11) is 2.03. The van der Waals surface area contributed by atoms with Gasteiger partial charge in [0.25, 0.3) is 0 Å². The minimum Gasteiger partial charge on any atom is -0.310 e. The molecule has 1 heterocycles. The Kier molecular flexibility index (Phi) is 1.51. The monoisotopic (exact) mass is 168 g/mol. The molecule has 2 nitrogen and oxygen atoms in total. The van der Waals surface area contributed by atoms with Gasteiger partial charge in [-0.2, -0.15) is 0 Å². The Labute approximate surface area is 70.7 Å². The highest BCUT2D eigenvalue weighted by atomic mass is 32.1. The molecule has 1 saturated carbocycles. The molecule has 11 heavy (non-hydrogen) atoms. The zero-order valence-corrected chi connectivity index (χ0v) is 7.66. The lowest BCUT2D eigenvalue weighted by Gasteiger charge is -2.11. The fraction of sp³-hybridized carbons (Fsp3) is 0.625. The lowest BCUT2D eigenvalue weighted by atomic mass is 10.2. The van der Waals surface area contributed by atoms with Crippen molar-refractivity contribution in [3.05, 3.63) is 16.1 Å². The number of aryl methyl sites for hydroxylation is 1. The molecular formula is C8H12N2S. The van der Waals surface area contributed by atoms with Crippen molar-refractivity contribution < 1.29 is 0 Å². The average Bonchev–Trinajstić information content (AvgIpc) is 2.70. The maximum Gasteiger partial charge on any atom is 0.0798 e. The third kappa shape index (κ3) is 0.993. The van der Waals surface area contributed by atoms with Gasteiger partial charge in [0.05, 0.1) is 16.7 Å². The summed E-state index contributed by atoms with van der Waals surface area (Å²) in [5, 5.41) is 3.37. The van der Waals surface area contributed by atoms with E-state index in [1.165, 1.54) is 23.4 Å². The third-order valence-electron chi connectivity index (χ3n) is 2.41. The third-order valence-corrected chi connectivity index (χ3v) is 3.54. The second-order valence-electron chi connectivity index (χ2n) is 3.10. The van der Waals surface area contributed by atoms with E-state index in [-0.39, 0.29) is 0 Å². The molecule has 0 saturated heterocycles. The number of thiazole rings is 1. The van der Waals surface area contributed by atoms with E-state index in [0.29, 0.717) is 5.54 Å². The Morgan fingerprint density at radius 3 is 2.73 bits per heavy atom. The summed E-state index contributed by atoms with van der Waals surface area (Å²) in [5.41, 5.74) is 3.44. The van der Waals surface area contributed by atoms with Crippen LogP contribution in [0.1, 0.15) is 23.4 Å². The van der Waals surface area contributed by atoms with Crippen LogP contribution in [0.3, 0.4) is 0 Å². The maximum absolute atomic E-state index is 4.25. The first-order valence-electron chi connectivity index (χ1n) is 3.88.